The third kappa shape index (κ3) is 2.45. The van der Waals surface area contributed by atoms with Crippen molar-refractivity contribution in [1.29, 1.82) is 0 Å². The molecule has 0 spiro atoms. The van der Waals surface area contributed by atoms with Crippen LogP contribution in [0.5, 0.6) is 0 Å². The summed E-state index contributed by atoms with van der Waals surface area (Å²) >= 11 is 0. The van der Waals surface area contributed by atoms with E-state index in [4.69, 9.17) is 0 Å². The Kier molecular flexibility index (Phi) is 4.50. The molecule has 0 aromatic carbocycles. The van der Waals surface area contributed by atoms with Gasteiger partial charge in [-0.3, -0.25) is 0 Å². The standard InChI is InChI=1S/C25H40O/c1-6-7-8-17-9-10-20-21-12-11-18-19(13-14-22(26)23(18,2)3)25(21,5)16-15-24(17,20)4/h6-7,11,17,19-22,26H,8-10,12-16H2,1-5H3/b7-6+. The Morgan fingerprint density at radius 3 is 2.46 bits per heavy atom. The van der Waals surface area contributed by atoms with Crippen molar-refractivity contribution in [3.63, 3.8) is 0 Å². The summed E-state index contributed by atoms with van der Waals surface area (Å²) in [5, 5.41) is 10.6. The lowest BCUT2D eigenvalue weighted by atomic mass is 9.43. The molecule has 26 heavy (non-hydrogen) atoms. The highest BCUT2D eigenvalue weighted by Crippen LogP contribution is 2.69. The van der Waals surface area contributed by atoms with Gasteiger partial charge in [0.15, 0.2) is 0 Å². The molecular weight excluding hydrogens is 316 g/mol. The molecule has 4 aliphatic carbocycles. The second-order valence-electron chi connectivity index (χ2n) is 11.1. The van der Waals surface area contributed by atoms with Crippen LogP contribution in [0.2, 0.25) is 0 Å². The molecule has 0 radical (unpaired) electrons. The summed E-state index contributed by atoms with van der Waals surface area (Å²) in [6.45, 7) is 12.0. The number of aliphatic hydroxyl groups is 1. The first-order valence-electron chi connectivity index (χ1n) is 11.2. The monoisotopic (exact) mass is 356 g/mol. The summed E-state index contributed by atoms with van der Waals surface area (Å²) in [5.74, 6) is 3.36. The smallest absolute Gasteiger partial charge is 0.0628 e. The number of hydrogen-bond acceptors (Lipinski definition) is 1. The van der Waals surface area contributed by atoms with Gasteiger partial charge >= 0.3 is 0 Å². The molecule has 0 heterocycles. The van der Waals surface area contributed by atoms with Crippen molar-refractivity contribution < 1.29 is 5.11 Å². The summed E-state index contributed by atoms with van der Waals surface area (Å²) in [6, 6.07) is 0. The first kappa shape index (κ1) is 18.8. The van der Waals surface area contributed by atoms with Crippen molar-refractivity contribution in [2.75, 3.05) is 0 Å². The molecule has 0 amide bonds. The molecule has 0 aliphatic heterocycles. The van der Waals surface area contributed by atoms with Gasteiger partial charge < -0.3 is 5.11 Å². The van der Waals surface area contributed by atoms with Gasteiger partial charge in [-0.2, -0.15) is 0 Å². The summed E-state index contributed by atoms with van der Waals surface area (Å²) < 4.78 is 0. The van der Waals surface area contributed by atoms with E-state index in [0.717, 1.165) is 24.2 Å². The minimum Gasteiger partial charge on any atom is -0.392 e. The quantitative estimate of drug-likeness (QED) is 0.558. The lowest BCUT2D eigenvalue weighted by Crippen LogP contribution is -2.54. The highest BCUT2D eigenvalue weighted by Gasteiger charge is 2.61. The number of rotatable bonds is 2. The van der Waals surface area contributed by atoms with Crippen LogP contribution in [0.25, 0.3) is 0 Å². The summed E-state index contributed by atoms with van der Waals surface area (Å²) in [7, 11) is 0. The maximum atomic E-state index is 10.6. The van der Waals surface area contributed by atoms with Crippen molar-refractivity contribution >= 4 is 0 Å². The van der Waals surface area contributed by atoms with E-state index in [-0.39, 0.29) is 11.5 Å². The van der Waals surface area contributed by atoms with Gasteiger partial charge in [0.05, 0.1) is 6.10 Å². The zero-order chi connectivity index (χ0) is 18.7. The van der Waals surface area contributed by atoms with Crippen LogP contribution in [-0.4, -0.2) is 11.2 Å². The van der Waals surface area contributed by atoms with Crippen LogP contribution < -0.4 is 0 Å². The Balaban J connectivity index is 1.66. The van der Waals surface area contributed by atoms with Gasteiger partial charge in [-0.05, 0) is 92.8 Å². The summed E-state index contributed by atoms with van der Waals surface area (Å²) in [4.78, 5) is 0. The third-order valence-corrected chi connectivity index (χ3v) is 9.87. The molecule has 3 saturated carbocycles. The topological polar surface area (TPSA) is 20.2 Å². The van der Waals surface area contributed by atoms with E-state index in [9.17, 15) is 5.11 Å². The fraction of sp³-hybridized carbons (Fsp3) is 0.840. The molecular formula is C25H40O. The summed E-state index contributed by atoms with van der Waals surface area (Å²) in [6.07, 6.45) is 17.5. The fourth-order valence-corrected chi connectivity index (χ4v) is 7.96. The Morgan fingerprint density at radius 1 is 1.00 bits per heavy atom. The van der Waals surface area contributed by atoms with E-state index in [1.807, 2.05) is 0 Å². The first-order valence-corrected chi connectivity index (χ1v) is 11.2. The predicted octanol–water partition coefficient (Wildman–Crippen LogP) is 6.53. The molecule has 7 atom stereocenters. The van der Waals surface area contributed by atoms with Crippen LogP contribution in [0.1, 0.15) is 86.0 Å². The Bertz CT molecular complexity index is 614. The second-order valence-corrected chi connectivity index (χ2v) is 11.1. The van der Waals surface area contributed by atoms with Gasteiger partial charge in [-0.25, -0.2) is 0 Å². The third-order valence-electron chi connectivity index (χ3n) is 9.87. The van der Waals surface area contributed by atoms with Gasteiger partial charge in [0.25, 0.3) is 0 Å². The minimum atomic E-state index is -0.157. The molecule has 0 aromatic rings. The molecule has 7 unspecified atom stereocenters. The van der Waals surface area contributed by atoms with E-state index in [0.29, 0.717) is 16.7 Å². The van der Waals surface area contributed by atoms with Gasteiger partial charge in [0.1, 0.15) is 0 Å². The lowest BCUT2D eigenvalue weighted by molar-refractivity contribution is -0.0906. The van der Waals surface area contributed by atoms with E-state index in [2.05, 4.69) is 52.8 Å². The average Bonchev–Trinajstić information content (AvgIpc) is 2.93. The molecule has 4 aliphatic rings. The number of allylic oxidation sites excluding steroid dienone is 3. The predicted molar refractivity (Wildman–Crippen MR) is 110 cm³/mol. The maximum Gasteiger partial charge on any atom is 0.0628 e. The minimum absolute atomic E-state index is 0.0260. The molecule has 1 N–H and O–H groups in total. The SMILES string of the molecule is C/C=C/CC1CCC2C3CC=C4C(CCC(O)C4(C)C)C3(C)CCC12C. The van der Waals surface area contributed by atoms with Gasteiger partial charge in [-0.1, -0.05) is 51.5 Å². The summed E-state index contributed by atoms with van der Waals surface area (Å²) in [5.41, 5.74) is 2.59. The van der Waals surface area contributed by atoms with Crippen molar-refractivity contribution in [3.8, 4) is 0 Å². The lowest BCUT2D eigenvalue weighted by Gasteiger charge is -2.61. The highest BCUT2D eigenvalue weighted by molar-refractivity contribution is 5.29. The van der Waals surface area contributed by atoms with Crippen molar-refractivity contribution in [3.05, 3.63) is 23.8 Å². The zero-order valence-electron chi connectivity index (χ0n) is 17.7. The van der Waals surface area contributed by atoms with Gasteiger partial charge in [0, 0.05) is 5.41 Å². The fourth-order valence-electron chi connectivity index (χ4n) is 7.96. The van der Waals surface area contributed by atoms with Crippen LogP contribution in [0.3, 0.4) is 0 Å². The number of hydrogen-bond donors (Lipinski definition) is 1. The zero-order valence-corrected chi connectivity index (χ0v) is 17.7. The van der Waals surface area contributed by atoms with E-state index in [1.54, 1.807) is 5.57 Å². The van der Waals surface area contributed by atoms with Crippen molar-refractivity contribution in [2.24, 2.45) is 39.9 Å². The normalized spacial score (nSPS) is 50.1. The molecule has 3 fully saturated rings. The molecule has 0 saturated heterocycles. The molecule has 146 valence electrons. The van der Waals surface area contributed by atoms with E-state index < -0.39 is 0 Å². The average molecular weight is 357 g/mol. The second kappa shape index (κ2) is 6.23. The number of aliphatic hydroxyl groups excluding tert-OH is 1. The highest BCUT2D eigenvalue weighted by atomic mass is 16.3. The van der Waals surface area contributed by atoms with Crippen LogP contribution in [0.15, 0.2) is 23.8 Å². The van der Waals surface area contributed by atoms with Gasteiger partial charge in [0.2, 0.25) is 0 Å². The van der Waals surface area contributed by atoms with Crippen LogP contribution in [0.4, 0.5) is 0 Å². The van der Waals surface area contributed by atoms with Crippen molar-refractivity contribution in [1.82, 2.24) is 0 Å². The first-order chi connectivity index (χ1) is 12.2. The van der Waals surface area contributed by atoms with Crippen LogP contribution >= 0.6 is 0 Å². The number of fused-ring (bicyclic) bond motifs is 5. The van der Waals surface area contributed by atoms with Crippen molar-refractivity contribution in [2.45, 2.75) is 92.1 Å². The molecule has 0 aromatic heterocycles. The van der Waals surface area contributed by atoms with Crippen LogP contribution in [-0.2, 0) is 0 Å². The van der Waals surface area contributed by atoms with E-state index >= 15 is 0 Å². The Labute approximate surface area is 161 Å². The van der Waals surface area contributed by atoms with Crippen LogP contribution in [0, 0.1) is 39.9 Å². The molecule has 0 bridgehead atoms. The molecule has 4 rings (SSSR count). The molecule has 1 heteroatoms. The Hall–Kier alpha value is -0.560. The maximum absolute atomic E-state index is 10.6. The Morgan fingerprint density at radius 2 is 1.73 bits per heavy atom. The van der Waals surface area contributed by atoms with Gasteiger partial charge in [-0.15, -0.1) is 0 Å². The largest absolute Gasteiger partial charge is 0.392 e. The molecule has 1 nitrogen and oxygen atoms in total. The van der Waals surface area contributed by atoms with E-state index in [1.165, 1.54) is 44.9 Å².